The average molecular weight is 244 g/mol. The van der Waals surface area contributed by atoms with E-state index in [4.69, 9.17) is 0 Å². The van der Waals surface area contributed by atoms with Crippen LogP contribution in [0.5, 0.6) is 0 Å². The number of nitrogens with one attached hydrogen (secondary N) is 2. The maximum absolute atomic E-state index is 11.9. The van der Waals surface area contributed by atoms with Crippen molar-refractivity contribution in [3.8, 4) is 0 Å². The molecule has 0 unspecified atom stereocenters. The fourth-order valence-electron chi connectivity index (χ4n) is 1.98. The quantitative estimate of drug-likeness (QED) is 0.852. The molecule has 0 fully saturated rings. The second-order valence-electron chi connectivity index (χ2n) is 4.01. The van der Waals surface area contributed by atoms with E-state index in [-0.39, 0.29) is 5.91 Å². The molecule has 3 rings (SSSR count). The van der Waals surface area contributed by atoms with Gasteiger partial charge in [-0.15, -0.1) is 0 Å². The Morgan fingerprint density at radius 1 is 1.35 bits per heavy atom. The summed E-state index contributed by atoms with van der Waals surface area (Å²) in [7, 11) is 0. The summed E-state index contributed by atoms with van der Waals surface area (Å²) in [5.74, 6) is -0.0443. The molecule has 1 aliphatic heterocycles. The van der Waals surface area contributed by atoms with Crippen molar-refractivity contribution in [1.29, 1.82) is 0 Å². The molecule has 1 aromatic heterocycles. The molecular formula is C13H12N2OS. The number of benzene rings is 1. The summed E-state index contributed by atoms with van der Waals surface area (Å²) in [5, 5.41) is 9.97. The second-order valence-corrected chi connectivity index (χ2v) is 4.79. The van der Waals surface area contributed by atoms with Crippen LogP contribution < -0.4 is 10.6 Å². The van der Waals surface area contributed by atoms with E-state index in [1.54, 1.807) is 0 Å². The van der Waals surface area contributed by atoms with E-state index in [1.807, 2.05) is 35.0 Å². The Morgan fingerprint density at radius 2 is 2.29 bits per heavy atom. The highest BCUT2D eigenvalue weighted by atomic mass is 32.1. The van der Waals surface area contributed by atoms with E-state index in [2.05, 4.69) is 10.6 Å². The van der Waals surface area contributed by atoms with Gasteiger partial charge < -0.3 is 10.6 Å². The van der Waals surface area contributed by atoms with Gasteiger partial charge in [-0.05, 0) is 41.6 Å². The molecule has 4 heteroatoms. The van der Waals surface area contributed by atoms with E-state index < -0.39 is 0 Å². The first-order chi connectivity index (χ1) is 8.33. The van der Waals surface area contributed by atoms with Crippen LogP contribution in [-0.2, 0) is 6.42 Å². The van der Waals surface area contributed by atoms with Crippen LogP contribution in [0.2, 0.25) is 0 Å². The molecule has 1 aromatic carbocycles. The number of amides is 1. The highest BCUT2D eigenvalue weighted by Crippen LogP contribution is 2.25. The number of carbonyl (C=O) groups excluding carboxylic acids is 1. The van der Waals surface area contributed by atoms with Crippen molar-refractivity contribution >= 4 is 28.6 Å². The maximum atomic E-state index is 11.9. The zero-order valence-electron chi connectivity index (χ0n) is 9.19. The molecule has 3 nitrogen and oxygen atoms in total. The molecular weight excluding hydrogens is 232 g/mol. The Balaban J connectivity index is 1.80. The van der Waals surface area contributed by atoms with Gasteiger partial charge in [0, 0.05) is 23.3 Å². The van der Waals surface area contributed by atoms with Gasteiger partial charge >= 0.3 is 0 Å². The Bertz CT molecular complexity index is 549. The molecule has 1 amide bonds. The van der Waals surface area contributed by atoms with Crippen molar-refractivity contribution in [2.45, 2.75) is 6.42 Å². The van der Waals surface area contributed by atoms with E-state index in [0.717, 1.165) is 18.7 Å². The normalized spacial score (nSPS) is 12.9. The van der Waals surface area contributed by atoms with Crippen LogP contribution in [0.3, 0.4) is 0 Å². The van der Waals surface area contributed by atoms with Gasteiger partial charge in [0.1, 0.15) is 0 Å². The summed E-state index contributed by atoms with van der Waals surface area (Å²) in [5.41, 5.74) is 4.03. The fraction of sp³-hybridized carbons (Fsp3) is 0.154. The van der Waals surface area contributed by atoms with Crippen LogP contribution in [-0.4, -0.2) is 12.5 Å². The predicted molar refractivity (Wildman–Crippen MR) is 70.9 cm³/mol. The molecule has 0 atom stereocenters. The summed E-state index contributed by atoms with van der Waals surface area (Å²) in [4.78, 5) is 11.9. The number of fused-ring (bicyclic) bond motifs is 1. The van der Waals surface area contributed by atoms with Crippen molar-refractivity contribution in [2.24, 2.45) is 0 Å². The van der Waals surface area contributed by atoms with Gasteiger partial charge in [-0.3, -0.25) is 4.79 Å². The first kappa shape index (κ1) is 10.4. The molecule has 0 saturated carbocycles. The van der Waals surface area contributed by atoms with Crippen molar-refractivity contribution in [2.75, 3.05) is 17.2 Å². The van der Waals surface area contributed by atoms with Gasteiger partial charge in [-0.2, -0.15) is 11.3 Å². The maximum Gasteiger partial charge on any atom is 0.256 e. The molecule has 2 N–H and O–H groups in total. The monoisotopic (exact) mass is 244 g/mol. The third kappa shape index (κ3) is 2.03. The lowest BCUT2D eigenvalue weighted by Crippen LogP contribution is -2.10. The Labute approximate surface area is 103 Å². The zero-order valence-corrected chi connectivity index (χ0v) is 10.0. The summed E-state index contributed by atoms with van der Waals surface area (Å²) >= 11 is 1.53. The van der Waals surface area contributed by atoms with Crippen LogP contribution >= 0.6 is 11.3 Å². The molecule has 0 radical (unpaired) electrons. The van der Waals surface area contributed by atoms with E-state index in [1.165, 1.54) is 22.6 Å². The van der Waals surface area contributed by atoms with E-state index >= 15 is 0 Å². The van der Waals surface area contributed by atoms with Crippen LogP contribution in [0.15, 0.2) is 35.0 Å². The number of hydrogen-bond donors (Lipinski definition) is 2. The Hall–Kier alpha value is -1.81. The van der Waals surface area contributed by atoms with Gasteiger partial charge in [0.05, 0.1) is 5.56 Å². The molecule has 2 aromatic rings. The second kappa shape index (κ2) is 4.22. The summed E-state index contributed by atoms with van der Waals surface area (Å²) in [6, 6.07) is 7.82. The Morgan fingerprint density at radius 3 is 3.12 bits per heavy atom. The van der Waals surface area contributed by atoms with Crippen LogP contribution in [0.25, 0.3) is 0 Å². The van der Waals surface area contributed by atoms with E-state index in [9.17, 15) is 4.79 Å². The third-order valence-corrected chi connectivity index (χ3v) is 3.54. The van der Waals surface area contributed by atoms with Crippen LogP contribution in [0.1, 0.15) is 15.9 Å². The standard InChI is InChI=1S/C13H12N2OS/c16-13(10-4-6-17-8-10)15-11-1-2-12-9(7-11)3-5-14-12/h1-2,4,6-8,14H,3,5H2,(H,15,16). The number of rotatable bonds is 2. The summed E-state index contributed by atoms with van der Waals surface area (Å²) < 4.78 is 0. The van der Waals surface area contributed by atoms with Gasteiger partial charge in [0.2, 0.25) is 0 Å². The lowest BCUT2D eigenvalue weighted by molar-refractivity contribution is 0.102. The molecule has 1 aliphatic rings. The molecule has 2 heterocycles. The van der Waals surface area contributed by atoms with Crippen molar-refractivity contribution in [1.82, 2.24) is 0 Å². The van der Waals surface area contributed by atoms with E-state index in [0.29, 0.717) is 5.56 Å². The minimum Gasteiger partial charge on any atom is -0.384 e. The first-order valence-electron chi connectivity index (χ1n) is 5.53. The van der Waals surface area contributed by atoms with Gasteiger partial charge in [0.25, 0.3) is 5.91 Å². The molecule has 0 saturated heterocycles. The zero-order chi connectivity index (χ0) is 11.7. The summed E-state index contributed by atoms with van der Waals surface area (Å²) in [6.45, 7) is 0.983. The molecule has 0 bridgehead atoms. The molecule has 0 spiro atoms. The van der Waals surface area contributed by atoms with Gasteiger partial charge in [-0.1, -0.05) is 0 Å². The first-order valence-corrected chi connectivity index (χ1v) is 6.47. The number of thiophene rings is 1. The third-order valence-electron chi connectivity index (χ3n) is 2.86. The smallest absolute Gasteiger partial charge is 0.256 e. The number of anilines is 2. The number of carbonyl (C=O) groups is 1. The van der Waals surface area contributed by atoms with Crippen molar-refractivity contribution in [3.05, 3.63) is 46.2 Å². The molecule has 17 heavy (non-hydrogen) atoms. The van der Waals surface area contributed by atoms with Gasteiger partial charge in [-0.25, -0.2) is 0 Å². The molecule has 0 aliphatic carbocycles. The highest BCUT2D eigenvalue weighted by molar-refractivity contribution is 7.08. The lowest BCUT2D eigenvalue weighted by Gasteiger charge is -2.06. The van der Waals surface area contributed by atoms with Gasteiger partial charge in [0.15, 0.2) is 0 Å². The van der Waals surface area contributed by atoms with Crippen molar-refractivity contribution < 1.29 is 4.79 Å². The lowest BCUT2D eigenvalue weighted by atomic mass is 10.1. The topological polar surface area (TPSA) is 41.1 Å². The largest absolute Gasteiger partial charge is 0.384 e. The van der Waals surface area contributed by atoms with Crippen molar-refractivity contribution in [3.63, 3.8) is 0 Å². The fourth-order valence-corrected chi connectivity index (χ4v) is 2.62. The summed E-state index contributed by atoms with van der Waals surface area (Å²) in [6.07, 6.45) is 1.03. The highest BCUT2D eigenvalue weighted by Gasteiger charge is 2.11. The minimum absolute atomic E-state index is 0.0443. The predicted octanol–water partition coefficient (Wildman–Crippen LogP) is 2.97. The Kier molecular flexibility index (Phi) is 2.57. The SMILES string of the molecule is O=C(Nc1ccc2c(c1)CCN2)c1ccsc1. The minimum atomic E-state index is -0.0443. The van der Waals surface area contributed by atoms with Crippen LogP contribution in [0.4, 0.5) is 11.4 Å². The van der Waals surface area contributed by atoms with Crippen LogP contribution in [0, 0.1) is 0 Å². The average Bonchev–Trinajstić information content (AvgIpc) is 2.99. The molecule has 86 valence electrons. The number of hydrogen-bond acceptors (Lipinski definition) is 3.